The van der Waals surface area contributed by atoms with Crippen LogP contribution in [0.5, 0.6) is 0 Å². The van der Waals surface area contributed by atoms with E-state index in [1.54, 1.807) is 4.90 Å². The minimum Gasteiger partial charge on any atom is -0.378 e. The van der Waals surface area contributed by atoms with Gasteiger partial charge >= 0.3 is 0 Å². The number of rotatable bonds is 4. The zero-order valence-corrected chi connectivity index (χ0v) is 10.9. The van der Waals surface area contributed by atoms with Crippen molar-refractivity contribution in [1.29, 1.82) is 5.26 Å². The summed E-state index contributed by atoms with van der Waals surface area (Å²) in [5.74, 6) is 1.24. The first-order chi connectivity index (χ1) is 9.20. The van der Waals surface area contributed by atoms with Gasteiger partial charge in [-0.15, -0.1) is 0 Å². The molecule has 1 aromatic rings. The van der Waals surface area contributed by atoms with Crippen LogP contribution in [0.15, 0.2) is 0 Å². The third kappa shape index (κ3) is 3.42. The van der Waals surface area contributed by atoms with Crippen LogP contribution in [-0.2, 0) is 4.74 Å². The highest BCUT2D eigenvalue weighted by molar-refractivity contribution is 5.43. The number of hydrogen-bond acceptors (Lipinski definition) is 8. The quantitative estimate of drug-likeness (QED) is 0.785. The van der Waals surface area contributed by atoms with Gasteiger partial charge in [-0.3, -0.25) is 0 Å². The van der Waals surface area contributed by atoms with Crippen LogP contribution >= 0.6 is 0 Å². The summed E-state index contributed by atoms with van der Waals surface area (Å²) < 4.78 is 5.29. The first-order valence-corrected chi connectivity index (χ1v) is 6.13. The third-order valence-electron chi connectivity index (χ3n) is 2.82. The maximum absolute atomic E-state index is 8.60. The highest BCUT2D eigenvalue weighted by Gasteiger charge is 2.17. The van der Waals surface area contributed by atoms with Gasteiger partial charge in [-0.25, -0.2) is 0 Å². The topological polar surface area (TPSA) is 104 Å². The van der Waals surface area contributed by atoms with Crippen molar-refractivity contribution in [3.8, 4) is 6.07 Å². The van der Waals surface area contributed by atoms with Crippen LogP contribution in [-0.4, -0.2) is 54.8 Å². The lowest BCUT2D eigenvalue weighted by atomic mass is 10.4. The smallest absolute Gasteiger partial charge is 0.232 e. The van der Waals surface area contributed by atoms with Crippen LogP contribution in [0, 0.1) is 11.3 Å². The molecule has 0 bridgehead atoms. The molecule has 0 amide bonds. The molecule has 0 unspecified atom stereocenters. The monoisotopic (exact) mass is 263 g/mol. The Labute approximate surface area is 111 Å². The summed E-state index contributed by atoms with van der Waals surface area (Å²) in [6.45, 7) is 3.36. The number of nitrogens with two attached hydrogens (primary N) is 1. The fraction of sp³-hybridized carbons (Fsp3) is 0.636. The van der Waals surface area contributed by atoms with Gasteiger partial charge in [0.1, 0.15) is 0 Å². The lowest BCUT2D eigenvalue weighted by Gasteiger charge is -2.27. The maximum Gasteiger partial charge on any atom is 0.232 e. The minimum absolute atomic E-state index is 0.190. The molecule has 1 fully saturated rings. The summed E-state index contributed by atoms with van der Waals surface area (Å²) in [5, 5.41) is 8.60. The highest BCUT2D eigenvalue weighted by Crippen LogP contribution is 2.15. The highest BCUT2D eigenvalue weighted by atomic mass is 16.5. The number of ether oxygens (including phenoxy) is 1. The van der Waals surface area contributed by atoms with E-state index >= 15 is 0 Å². The number of hydrogen-bond donors (Lipinski definition) is 1. The normalized spacial score (nSPS) is 15.1. The molecule has 19 heavy (non-hydrogen) atoms. The molecule has 2 rings (SSSR count). The molecule has 2 heterocycles. The fourth-order valence-corrected chi connectivity index (χ4v) is 1.76. The number of nitriles is 1. The molecule has 1 aromatic heterocycles. The Balaban J connectivity index is 2.16. The zero-order valence-electron chi connectivity index (χ0n) is 10.9. The second kappa shape index (κ2) is 6.15. The van der Waals surface area contributed by atoms with Gasteiger partial charge < -0.3 is 20.3 Å². The van der Waals surface area contributed by atoms with Crippen LogP contribution in [0.3, 0.4) is 0 Å². The molecule has 2 N–H and O–H groups in total. The largest absolute Gasteiger partial charge is 0.378 e. The number of nitrogen functional groups attached to an aromatic ring is 1. The molecule has 0 spiro atoms. The second-order valence-corrected chi connectivity index (χ2v) is 4.22. The Morgan fingerprint density at radius 1 is 1.37 bits per heavy atom. The molecule has 0 radical (unpaired) electrons. The van der Waals surface area contributed by atoms with E-state index in [0.29, 0.717) is 38.1 Å². The molecule has 1 aliphatic heterocycles. The van der Waals surface area contributed by atoms with E-state index in [-0.39, 0.29) is 5.95 Å². The van der Waals surface area contributed by atoms with Gasteiger partial charge in [0.2, 0.25) is 17.8 Å². The minimum atomic E-state index is 0.190. The number of aromatic nitrogens is 3. The van der Waals surface area contributed by atoms with E-state index in [1.165, 1.54) is 0 Å². The Hall–Kier alpha value is -2.14. The zero-order chi connectivity index (χ0) is 13.7. The van der Waals surface area contributed by atoms with Crippen molar-refractivity contribution in [2.75, 3.05) is 55.4 Å². The van der Waals surface area contributed by atoms with E-state index in [4.69, 9.17) is 15.7 Å². The fourth-order valence-electron chi connectivity index (χ4n) is 1.76. The van der Waals surface area contributed by atoms with E-state index < -0.39 is 0 Å². The average Bonchev–Trinajstić information content (AvgIpc) is 2.45. The number of nitrogens with zero attached hydrogens (tertiary/aromatic N) is 6. The molecule has 1 aliphatic rings. The third-order valence-corrected chi connectivity index (χ3v) is 2.82. The van der Waals surface area contributed by atoms with Crippen LogP contribution < -0.4 is 15.5 Å². The molecule has 0 saturated carbocycles. The molecular formula is C11H17N7O. The van der Waals surface area contributed by atoms with Gasteiger partial charge in [0.15, 0.2) is 0 Å². The summed E-state index contributed by atoms with van der Waals surface area (Å²) in [6.07, 6.45) is 0.412. The summed E-state index contributed by atoms with van der Waals surface area (Å²) >= 11 is 0. The molecule has 8 nitrogen and oxygen atoms in total. The van der Waals surface area contributed by atoms with Crippen molar-refractivity contribution < 1.29 is 4.74 Å². The van der Waals surface area contributed by atoms with E-state index in [1.807, 2.05) is 11.9 Å². The predicted molar refractivity (Wildman–Crippen MR) is 70.8 cm³/mol. The van der Waals surface area contributed by atoms with Crippen LogP contribution in [0.25, 0.3) is 0 Å². The molecule has 8 heteroatoms. The summed E-state index contributed by atoms with van der Waals surface area (Å²) in [7, 11) is 1.83. The Morgan fingerprint density at radius 2 is 2.11 bits per heavy atom. The Kier molecular flexibility index (Phi) is 4.30. The summed E-state index contributed by atoms with van der Waals surface area (Å²) in [6, 6.07) is 2.09. The first-order valence-electron chi connectivity index (χ1n) is 6.13. The number of morpholine rings is 1. The predicted octanol–water partition coefficient (Wildman–Crippen LogP) is -0.360. The summed E-state index contributed by atoms with van der Waals surface area (Å²) in [5.41, 5.74) is 5.72. The Bertz CT molecular complexity index is 467. The van der Waals surface area contributed by atoms with Crippen molar-refractivity contribution in [3.63, 3.8) is 0 Å². The van der Waals surface area contributed by atoms with Crippen molar-refractivity contribution in [2.24, 2.45) is 0 Å². The van der Waals surface area contributed by atoms with Gasteiger partial charge in [-0.1, -0.05) is 0 Å². The molecular weight excluding hydrogens is 246 g/mol. The van der Waals surface area contributed by atoms with Gasteiger partial charge in [0, 0.05) is 26.7 Å². The van der Waals surface area contributed by atoms with Crippen LogP contribution in [0.2, 0.25) is 0 Å². The molecule has 0 aliphatic carbocycles. The van der Waals surface area contributed by atoms with Gasteiger partial charge in [-0.05, 0) is 0 Å². The molecule has 0 aromatic carbocycles. The number of anilines is 3. The van der Waals surface area contributed by atoms with Crippen LogP contribution in [0.1, 0.15) is 6.42 Å². The van der Waals surface area contributed by atoms with Crippen molar-refractivity contribution in [2.45, 2.75) is 6.42 Å². The SMILES string of the molecule is CN(CCC#N)c1nc(N)nc(N2CCOCC2)n1. The van der Waals surface area contributed by atoms with Gasteiger partial charge in [0.25, 0.3) is 0 Å². The first kappa shape index (κ1) is 13.3. The van der Waals surface area contributed by atoms with Crippen molar-refractivity contribution in [1.82, 2.24) is 15.0 Å². The molecule has 102 valence electrons. The second-order valence-electron chi connectivity index (χ2n) is 4.22. The van der Waals surface area contributed by atoms with E-state index in [2.05, 4.69) is 21.0 Å². The standard InChI is InChI=1S/C11H17N7O/c1-17(4-2-3-12)10-14-9(13)15-11(16-10)18-5-7-19-8-6-18/h2,4-8H2,1H3,(H2,13,14,15,16). The maximum atomic E-state index is 8.60. The average molecular weight is 263 g/mol. The van der Waals surface area contributed by atoms with Gasteiger partial charge in [-0.2, -0.15) is 20.2 Å². The molecule has 0 atom stereocenters. The van der Waals surface area contributed by atoms with E-state index in [9.17, 15) is 0 Å². The van der Waals surface area contributed by atoms with Crippen molar-refractivity contribution >= 4 is 17.8 Å². The molecule has 1 saturated heterocycles. The lowest BCUT2D eigenvalue weighted by molar-refractivity contribution is 0.122. The van der Waals surface area contributed by atoms with Crippen LogP contribution in [0.4, 0.5) is 17.8 Å². The lowest BCUT2D eigenvalue weighted by Crippen LogP contribution is -2.38. The van der Waals surface area contributed by atoms with Gasteiger partial charge in [0.05, 0.1) is 25.7 Å². The van der Waals surface area contributed by atoms with E-state index in [0.717, 1.165) is 13.1 Å². The Morgan fingerprint density at radius 3 is 2.79 bits per heavy atom. The summed E-state index contributed by atoms with van der Waals surface area (Å²) in [4.78, 5) is 16.5. The van der Waals surface area contributed by atoms with Crippen molar-refractivity contribution in [3.05, 3.63) is 0 Å².